The van der Waals surface area contributed by atoms with Gasteiger partial charge in [-0.2, -0.15) is 0 Å². The molecule has 5 heteroatoms. The quantitative estimate of drug-likeness (QED) is 0.766. The molecule has 0 saturated carbocycles. The molecular weight excluding hydrogens is 264 g/mol. The van der Waals surface area contributed by atoms with Crippen molar-refractivity contribution in [2.45, 2.75) is 19.4 Å². The molecule has 2 N–H and O–H groups in total. The van der Waals surface area contributed by atoms with Crippen LogP contribution in [-0.2, 0) is 0 Å². The normalized spacial score (nSPS) is 18.0. The first-order valence-corrected chi connectivity index (χ1v) is 7.09. The van der Waals surface area contributed by atoms with Crippen LogP contribution in [0.15, 0.2) is 18.3 Å². The fraction of sp³-hybridized carbons (Fsp3) is 0.500. The highest BCUT2D eigenvalue weighted by Crippen LogP contribution is 2.20. The number of aromatic nitrogens is 1. The van der Waals surface area contributed by atoms with E-state index in [1.807, 2.05) is 11.0 Å². The number of rotatable bonds is 1. The second-order valence-corrected chi connectivity index (χ2v) is 5.90. The van der Waals surface area contributed by atoms with E-state index in [0.717, 1.165) is 18.7 Å². The van der Waals surface area contributed by atoms with Crippen molar-refractivity contribution in [3.05, 3.63) is 29.6 Å². The number of nitrogens with two attached hydrogens (primary N) is 1. The molecule has 0 radical (unpaired) electrons. The van der Waals surface area contributed by atoms with E-state index in [0.29, 0.717) is 18.8 Å². The molecule has 0 bridgehead atoms. The molecule has 1 saturated heterocycles. The van der Waals surface area contributed by atoms with Gasteiger partial charge in [0.05, 0.1) is 6.54 Å². The second-order valence-electron chi connectivity index (χ2n) is 5.90. The zero-order valence-electron chi connectivity index (χ0n) is 12.9. The first kappa shape index (κ1) is 15.5. The van der Waals surface area contributed by atoms with Crippen LogP contribution >= 0.6 is 0 Å². The zero-order valence-corrected chi connectivity index (χ0v) is 12.9. The van der Waals surface area contributed by atoms with E-state index in [2.05, 4.69) is 42.6 Å². The SMILES string of the molecule is CN1CCN(C(=O)c2ccc(C#CCN)cn2)CC1(C)C. The van der Waals surface area contributed by atoms with Crippen LogP contribution in [0.4, 0.5) is 0 Å². The number of likely N-dealkylation sites (N-methyl/N-ethyl adjacent to an activating group) is 1. The number of pyridine rings is 1. The summed E-state index contributed by atoms with van der Waals surface area (Å²) in [6.45, 7) is 6.92. The summed E-state index contributed by atoms with van der Waals surface area (Å²) in [5, 5.41) is 0. The first-order valence-electron chi connectivity index (χ1n) is 7.09. The minimum absolute atomic E-state index is 0.0134. The van der Waals surface area contributed by atoms with E-state index in [9.17, 15) is 4.79 Å². The van der Waals surface area contributed by atoms with Crippen LogP contribution < -0.4 is 5.73 Å². The monoisotopic (exact) mass is 286 g/mol. The Morgan fingerprint density at radius 1 is 1.43 bits per heavy atom. The van der Waals surface area contributed by atoms with Gasteiger partial charge in [-0.25, -0.2) is 4.98 Å². The molecule has 0 atom stereocenters. The standard InChI is InChI=1S/C16H22N4O/c1-16(2)12-20(10-9-19(16)3)15(21)14-7-6-13(11-18-14)5-4-8-17/h6-7,11H,8-10,12,17H2,1-3H3. The maximum absolute atomic E-state index is 12.5. The Labute approximate surface area is 126 Å². The van der Waals surface area contributed by atoms with Gasteiger partial charge in [-0.05, 0) is 33.0 Å². The van der Waals surface area contributed by atoms with Crippen molar-refractivity contribution in [1.29, 1.82) is 0 Å². The maximum Gasteiger partial charge on any atom is 0.272 e. The largest absolute Gasteiger partial charge is 0.334 e. The summed E-state index contributed by atoms with van der Waals surface area (Å²) in [7, 11) is 2.09. The Kier molecular flexibility index (Phi) is 4.61. The van der Waals surface area contributed by atoms with Crippen molar-refractivity contribution in [2.75, 3.05) is 33.2 Å². The Bertz CT molecular complexity index is 568. The van der Waals surface area contributed by atoms with Crippen LogP contribution in [0.2, 0.25) is 0 Å². The number of carbonyl (C=O) groups is 1. The van der Waals surface area contributed by atoms with Crippen LogP contribution in [0.25, 0.3) is 0 Å². The highest BCUT2D eigenvalue weighted by Gasteiger charge is 2.33. The van der Waals surface area contributed by atoms with Gasteiger partial charge < -0.3 is 10.6 Å². The molecule has 2 rings (SSSR count). The molecule has 1 aromatic heterocycles. The van der Waals surface area contributed by atoms with Gasteiger partial charge in [0.2, 0.25) is 0 Å². The Balaban J connectivity index is 2.10. The number of carbonyl (C=O) groups excluding carboxylic acids is 1. The lowest BCUT2D eigenvalue weighted by Gasteiger charge is -2.45. The smallest absolute Gasteiger partial charge is 0.272 e. The minimum Gasteiger partial charge on any atom is -0.334 e. The molecule has 0 aliphatic carbocycles. The molecule has 1 aliphatic rings. The minimum atomic E-state index is -0.0190. The number of hydrogen-bond acceptors (Lipinski definition) is 4. The molecule has 1 amide bonds. The molecule has 1 aliphatic heterocycles. The molecule has 21 heavy (non-hydrogen) atoms. The van der Waals surface area contributed by atoms with Gasteiger partial charge in [0, 0.05) is 36.9 Å². The van der Waals surface area contributed by atoms with E-state index >= 15 is 0 Å². The summed E-state index contributed by atoms with van der Waals surface area (Å²) in [5.74, 6) is 5.65. The van der Waals surface area contributed by atoms with Crippen LogP contribution in [0.3, 0.4) is 0 Å². The highest BCUT2D eigenvalue weighted by atomic mass is 16.2. The van der Waals surface area contributed by atoms with Gasteiger partial charge in [0.1, 0.15) is 5.69 Å². The van der Waals surface area contributed by atoms with Crippen molar-refractivity contribution in [3.63, 3.8) is 0 Å². The Hall–Kier alpha value is -1.90. The lowest BCUT2D eigenvalue weighted by atomic mass is 9.99. The van der Waals surface area contributed by atoms with Gasteiger partial charge in [0.25, 0.3) is 5.91 Å². The van der Waals surface area contributed by atoms with Crippen molar-refractivity contribution in [2.24, 2.45) is 5.73 Å². The van der Waals surface area contributed by atoms with E-state index in [-0.39, 0.29) is 11.4 Å². The average molecular weight is 286 g/mol. The van der Waals surface area contributed by atoms with E-state index < -0.39 is 0 Å². The predicted molar refractivity (Wildman–Crippen MR) is 82.8 cm³/mol. The molecular formula is C16H22N4O. The molecule has 2 heterocycles. The maximum atomic E-state index is 12.5. The Morgan fingerprint density at radius 3 is 2.76 bits per heavy atom. The molecule has 0 aromatic carbocycles. The van der Waals surface area contributed by atoms with Crippen LogP contribution in [-0.4, -0.2) is 59.5 Å². The predicted octanol–water partition coefficient (Wildman–Crippen LogP) is 0.558. The van der Waals surface area contributed by atoms with Crippen molar-refractivity contribution < 1.29 is 4.79 Å². The van der Waals surface area contributed by atoms with E-state index in [1.54, 1.807) is 12.3 Å². The summed E-state index contributed by atoms with van der Waals surface area (Å²) < 4.78 is 0. The third-order valence-electron chi connectivity index (χ3n) is 3.92. The first-order chi connectivity index (χ1) is 9.94. The van der Waals surface area contributed by atoms with Gasteiger partial charge in [-0.1, -0.05) is 11.8 Å². The van der Waals surface area contributed by atoms with Gasteiger partial charge in [-0.15, -0.1) is 0 Å². The van der Waals surface area contributed by atoms with E-state index in [1.165, 1.54) is 0 Å². The number of nitrogens with zero attached hydrogens (tertiary/aromatic N) is 3. The molecule has 1 aromatic rings. The van der Waals surface area contributed by atoms with Crippen molar-refractivity contribution in [1.82, 2.24) is 14.8 Å². The molecule has 5 nitrogen and oxygen atoms in total. The summed E-state index contributed by atoms with van der Waals surface area (Å²) in [5.41, 5.74) is 6.56. The van der Waals surface area contributed by atoms with Crippen LogP contribution in [0, 0.1) is 11.8 Å². The van der Waals surface area contributed by atoms with Crippen LogP contribution in [0.5, 0.6) is 0 Å². The fourth-order valence-electron chi connectivity index (χ4n) is 2.32. The Morgan fingerprint density at radius 2 is 2.19 bits per heavy atom. The lowest BCUT2D eigenvalue weighted by molar-refractivity contribution is 0.0307. The molecule has 112 valence electrons. The fourth-order valence-corrected chi connectivity index (χ4v) is 2.32. The van der Waals surface area contributed by atoms with Crippen LogP contribution in [0.1, 0.15) is 29.9 Å². The number of hydrogen-bond donors (Lipinski definition) is 1. The lowest BCUT2D eigenvalue weighted by Crippen LogP contribution is -2.58. The summed E-state index contributed by atoms with van der Waals surface area (Å²) >= 11 is 0. The third-order valence-corrected chi connectivity index (χ3v) is 3.92. The number of piperazine rings is 1. The molecule has 0 spiro atoms. The topological polar surface area (TPSA) is 62.5 Å². The summed E-state index contributed by atoms with van der Waals surface area (Å²) in [4.78, 5) is 20.9. The number of amides is 1. The highest BCUT2D eigenvalue weighted by molar-refractivity contribution is 5.92. The van der Waals surface area contributed by atoms with Crippen molar-refractivity contribution >= 4 is 5.91 Å². The molecule has 0 unspecified atom stereocenters. The summed E-state index contributed by atoms with van der Waals surface area (Å²) in [6.07, 6.45) is 1.62. The second kappa shape index (κ2) is 6.25. The molecule has 1 fully saturated rings. The third kappa shape index (κ3) is 3.60. The van der Waals surface area contributed by atoms with E-state index in [4.69, 9.17) is 5.73 Å². The average Bonchev–Trinajstić information content (AvgIpc) is 2.47. The zero-order chi connectivity index (χ0) is 15.5. The van der Waals surface area contributed by atoms with Crippen molar-refractivity contribution in [3.8, 4) is 11.8 Å². The summed E-state index contributed by atoms with van der Waals surface area (Å²) in [6, 6.07) is 3.54. The van der Waals surface area contributed by atoms with Gasteiger partial charge in [-0.3, -0.25) is 9.69 Å². The van der Waals surface area contributed by atoms with Gasteiger partial charge >= 0.3 is 0 Å². The van der Waals surface area contributed by atoms with Gasteiger partial charge in [0.15, 0.2) is 0 Å².